The Hall–Kier alpha value is -0.930. The fraction of sp³-hybridized carbons (Fsp3) is 0.500. The predicted molar refractivity (Wildman–Crippen MR) is 59.4 cm³/mol. The molecule has 0 heterocycles. The summed E-state index contributed by atoms with van der Waals surface area (Å²) in [5.74, 6) is -0.162. The minimum absolute atomic E-state index is 0.129. The van der Waals surface area contributed by atoms with Gasteiger partial charge >= 0.3 is 0 Å². The number of rotatable bonds is 5. The fourth-order valence-electron chi connectivity index (χ4n) is 1.47. The Balaban J connectivity index is 2.78. The molecule has 0 radical (unpaired) electrons. The van der Waals surface area contributed by atoms with Gasteiger partial charge in [-0.25, -0.2) is 4.39 Å². The monoisotopic (exact) mass is 211 g/mol. The standard InChI is InChI=1S/C12H18FNO/c1-4-15-8-12(14-3)10-5-6-11(13)9(2)7-10/h5-7,12,14H,4,8H2,1-3H3. The summed E-state index contributed by atoms with van der Waals surface area (Å²) in [6.07, 6.45) is 0. The maximum absolute atomic E-state index is 13.1. The number of hydrogen-bond acceptors (Lipinski definition) is 2. The smallest absolute Gasteiger partial charge is 0.126 e. The number of ether oxygens (including phenoxy) is 1. The minimum atomic E-state index is -0.162. The molecule has 0 aliphatic heterocycles. The summed E-state index contributed by atoms with van der Waals surface area (Å²) in [6.45, 7) is 5.03. The van der Waals surface area contributed by atoms with Gasteiger partial charge in [-0.3, -0.25) is 0 Å². The normalized spacial score (nSPS) is 12.8. The Bertz CT molecular complexity index is 314. The van der Waals surface area contributed by atoms with Crippen LogP contribution >= 0.6 is 0 Å². The molecule has 0 amide bonds. The molecule has 0 spiro atoms. The molecular formula is C12H18FNO. The average molecular weight is 211 g/mol. The van der Waals surface area contributed by atoms with Crippen LogP contribution in [0.1, 0.15) is 24.1 Å². The van der Waals surface area contributed by atoms with Crippen LogP contribution < -0.4 is 5.32 Å². The minimum Gasteiger partial charge on any atom is -0.380 e. The first-order valence-corrected chi connectivity index (χ1v) is 5.20. The summed E-state index contributed by atoms with van der Waals surface area (Å²) < 4.78 is 18.4. The second-order valence-corrected chi connectivity index (χ2v) is 3.51. The SMILES string of the molecule is CCOCC(NC)c1ccc(F)c(C)c1. The van der Waals surface area contributed by atoms with Gasteiger partial charge in [-0.1, -0.05) is 12.1 Å². The molecule has 0 fully saturated rings. The second kappa shape index (κ2) is 5.83. The Labute approximate surface area is 90.4 Å². The molecule has 1 aromatic carbocycles. The van der Waals surface area contributed by atoms with E-state index in [1.807, 2.05) is 20.0 Å². The first-order valence-electron chi connectivity index (χ1n) is 5.20. The lowest BCUT2D eigenvalue weighted by Gasteiger charge is -2.17. The summed E-state index contributed by atoms with van der Waals surface area (Å²) in [4.78, 5) is 0. The van der Waals surface area contributed by atoms with E-state index in [1.54, 1.807) is 13.0 Å². The topological polar surface area (TPSA) is 21.3 Å². The lowest BCUT2D eigenvalue weighted by atomic mass is 10.0. The number of likely N-dealkylation sites (N-methyl/N-ethyl adjacent to an activating group) is 1. The van der Waals surface area contributed by atoms with E-state index in [1.165, 1.54) is 6.07 Å². The maximum atomic E-state index is 13.1. The van der Waals surface area contributed by atoms with E-state index >= 15 is 0 Å². The molecule has 0 aromatic heterocycles. The summed E-state index contributed by atoms with van der Waals surface area (Å²) in [6, 6.07) is 5.28. The summed E-state index contributed by atoms with van der Waals surface area (Å²) in [5.41, 5.74) is 1.73. The molecule has 1 N–H and O–H groups in total. The molecule has 0 saturated carbocycles. The van der Waals surface area contributed by atoms with E-state index < -0.39 is 0 Å². The molecule has 2 nitrogen and oxygen atoms in total. The van der Waals surface area contributed by atoms with Crippen LogP contribution in [0, 0.1) is 12.7 Å². The van der Waals surface area contributed by atoms with Gasteiger partial charge in [0.2, 0.25) is 0 Å². The molecule has 0 saturated heterocycles. The van der Waals surface area contributed by atoms with E-state index in [0.717, 1.165) is 5.56 Å². The van der Waals surface area contributed by atoms with Gasteiger partial charge in [0.1, 0.15) is 5.82 Å². The van der Waals surface area contributed by atoms with Crippen molar-refractivity contribution in [3.63, 3.8) is 0 Å². The van der Waals surface area contributed by atoms with E-state index in [9.17, 15) is 4.39 Å². The number of hydrogen-bond donors (Lipinski definition) is 1. The Kier molecular flexibility index (Phi) is 4.72. The highest BCUT2D eigenvalue weighted by Gasteiger charge is 2.10. The van der Waals surface area contributed by atoms with Crippen LogP contribution in [0.5, 0.6) is 0 Å². The molecule has 0 aliphatic rings. The largest absolute Gasteiger partial charge is 0.380 e. The van der Waals surface area contributed by atoms with Gasteiger partial charge in [0.15, 0.2) is 0 Å². The quantitative estimate of drug-likeness (QED) is 0.807. The van der Waals surface area contributed by atoms with E-state index in [4.69, 9.17) is 4.74 Å². The number of nitrogens with one attached hydrogen (secondary N) is 1. The first kappa shape index (κ1) is 12.1. The number of halogens is 1. The van der Waals surface area contributed by atoms with Crippen LogP contribution in [0.3, 0.4) is 0 Å². The van der Waals surface area contributed by atoms with Gasteiger partial charge in [0.05, 0.1) is 12.6 Å². The van der Waals surface area contributed by atoms with Crippen molar-refractivity contribution in [2.24, 2.45) is 0 Å². The maximum Gasteiger partial charge on any atom is 0.126 e. The summed E-state index contributed by atoms with van der Waals surface area (Å²) in [5, 5.41) is 3.15. The molecule has 0 aliphatic carbocycles. The highest BCUT2D eigenvalue weighted by Crippen LogP contribution is 2.16. The van der Waals surface area contributed by atoms with Gasteiger partial charge in [0, 0.05) is 6.61 Å². The van der Waals surface area contributed by atoms with Crippen molar-refractivity contribution in [1.29, 1.82) is 0 Å². The van der Waals surface area contributed by atoms with Gasteiger partial charge in [0.25, 0.3) is 0 Å². The third kappa shape index (κ3) is 3.29. The van der Waals surface area contributed by atoms with Crippen LogP contribution in [-0.2, 0) is 4.74 Å². The third-order valence-electron chi connectivity index (χ3n) is 2.42. The molecule has 1 atom stereocenters. The predicted octanol–water partition coefficient (Wildman–Crippen LogP) is 2.43. The van der Waals surface area contributed by atoms with Crippen molar-refractivity contribution in [3.8, 4) is 0 Å². The van der Waals surface area contributed by atoms with Crippen LogP contribution in [-0.4, -0.2) is 20.3 Å². The molecule has 1 aromatic rings. The zero-order valence-corrected chi connectivity index (χ0v) is 9.51. The van der Waals surface area contributed by atoms with E-state index in [0.29, 0.717) is 18.8 Å². The molecule has 3 heteroatoms. The zero-order chi connectivity index (χ0) is 11.3. The van der Waals surface area contributed by atoms with Crippen molar-refractivity contribution in [1.82, 2.24) is 5.32 Å². The van der Waals surface area contributed by atoms with Crippen molar-refractivity contribution < 1.29 is 9.13 Å². The Morgan fingerprint density at radius 1 is 1.47 bits per heavy atom. The molecular weight excluding hydrogens is 193 g/mol. The molecule has 15 heavy (non-hydrogen) atoms. The average Bonchev–Trinajstić information content (AvgIpc) is 2.24. The van der Waals surface area contributed by atoms with Crippen molar-refractivity contribution in [2.45, 2.75) is 19.9 Å². The van der Waals surface area contributed by atoms with Crippen molar-refractivity contribution in [3.05, 3.63) is 35.1 Å². The van der Waals surface area contributed by atoms with Gasteiger partial charge < -0.3 is 10.1 Å². The van der Waals surface area contributed by atoms with Crippen LogP contribution in [0.15, 0.2) is 18.2 Å². The van der Waals surface area contributed by atoms with E-state index in [-0.39, 0.29) is 11.9 Å². The van der Waals surface area contributed by atoms with Crippen molar-refractivity contribution in [2.75, 3.05) is 20.3 Å². The zero-order valence-electron chi connectivity index (χ0n) is 9.51. The lowest BCUT2D eigenvalue weighted by molar-refractivity contribution is 0.125. The molecule has 0 bridgehead atoms. The van der Waals surface area contributed by atoms with Gasteiger partial charge in [-0.05, 0) is 38.1 Å². The lowest BCUT2D eigenvalue weighted by Crippen LogP contribution is -2.22. The molecule has 84 valence electrons. The number of benzene rings is 1. The van der Waals surface area contributed by atoms with Crippen LogP contribution in [0.4, 0.5) is 4.39 Å². The summed E-state index contributed by atoms with van der Waals surface area (Å²) >= 11 is 0. The summed E-state index contributed by atoms with van der Waals surface area (Å²) in [7, 11) is 1.88. The Morgan fingerprint density at radius 3 is 2.73 bits per heavy atom. The molecule has 1 rings (SSSR count). The fourth-order valence-corrected chi connectivity index (χ4v) is 1.47. The van der Waals surface area contributed by atoms with Gasteiger partial charge in [-0.15, -0.1) is 0 Å². The third-order valence-corrected chi connectivity index (χ3v) is 2.42. The first-order chi connectivity index (χ1) is 7.19. The second-order valence-electron chi connectivity index (χ2n) is 3.51. The van der Waals surface area contributed by atoms with Crippen LogP contribution in [0.2, 0.25) is 0 Å². The van der Waals surface area contributed by atoms with Crippen LogP contribution in [0.25, 0.3) is 0 Å². The molecule has 1 unspecified atom stereocenters. The van der Waals surface area contributed by atoms with E-state index in [2.05, 4.69) is 5.32 Å². The number of aryl methyl sites for hydroxylation is 1. The highest BCUT2D eigenvalue weighted by atomic mass is 19.1. The highest BCUT2D eigenvalue weighted by molar-refractivity contribution is 5.26. The van der Waals surface area contributed by atoms with Crippen molar-refractivity contribution >= 4 is 0 Å². The van der Waals surface area contributed by atoms with Gasteiger partial charge in [-0.2, -0.15) is 0 Å². The Morgan fingerprint density at radius 2 is 2.20 bits per heavy atom.